The molecule has 3 heterocycles. The van der Waals surface area contributed by atoms with Gasteiger partial charge in [0.25, 0.3) is 0 Å². The van der Waals surface area contributed by atoms with Gasteiger partial charge in [-0.2, -0.15) is 0 Å². The van der Waals surface area contributed by atoms with Gasteiger partial charge < -0.3 is 9.73 Å². The van der Waals surface area contributed by atoms with E-state index in [0.717, 1.165) is 11.3 Å². The van der Waals surface area contributed by atoms with Gasteiger partial charge in [-0.25, -0.2) is 4.98 Å². The van der Waals surface area contributed by atoms with Crippen LogP contribution in [0.15, 0.2) is 51.5 Å². The molecule has 154 valence electrons. The normalized spacial score (nSPS) is 11.0. The Balaban J connectivity index is 1.39. The zero-order valence-electron chi connectivity index (χ0n) is 16.9. The lowest BCUT2D eigenvalue weighted by Crippen LogP contribution is -2.14. The van der Waals surface area contributed by atoms with Gasteiger partial charge >= 0.3 is 0 Å². The lowest BCUT2D eigenvalue weighted by molar-refractivity contribution is -0.113. The molecule has 0 aliphatic rings. The van der Waals surface area contributed by atoms with Gasteiger partial charge in [-0.15, -0.1) is 21.5 Å². The molecule has 1 N–H and O–H groups in total. The number of furan rings is 1. The molecule has 0 atom stereocenters. The molecule has 7 nitrogen and oxygen atoms in total. The van der Waals surface area contributed by atoms with E-state index in [1.165, 1.54) is 34.2 Å². The van der Waals surface area contributed by atoms with Crippen molar-refractivity contribution in [1.29, 1.82) is 0 Å². The topological polar surface area (TPSA) is 85.8 Å². The number of nitrogens with one attached hydrogen (secondary N) is 1. The fourth-order valence-electron chi connectivity index (χ4n) is 2.92. The molecule has 0 unspecified atom stereocenters. The number of aryl methyl sites for hydroxylation is 2. The Kier molecular flexibility index (Phi) is 6.01. The number of amides is 1. The molecule has 1 amide bonds. The van der Waals surface area contributed by atoms with Crippen molar-refractivity contribution in [3.63, 3.8) is 0 Å². The molecule has 4 rings (SSSR count). The van der Waals surface area contributed by atoms with E-state index in [9.17, 15) is 4.79 Å². The molecule has 4 aromatic rings. The van der Waals surface area contributed by atoms with E-state index in [2.05, 4.69) is 46.5 Å². The van der Waals surface area contributed by atoms with Crippen LogP contribution in [0.4, 0.5) is 5.13 Å². The number of carbonyl (C=O) groups is 1. The van der Waals surface area contributed by atoms with Crippen molar-refractivity contribution in [1.82, 2.24) is 19.7 Å². The van der Waals surface area contributed by atoms with Crippen molar-refractivity contribution in [2.75, 3.05) is 11.1 Å². The zero-order valence-corrected chi connectivity index (χ0v) is 18.5. The van der Waals surface area contributed by atoms with Crippen LogP contribution >= 0.6 is 23.1 Å². The maximum Gasteiger partial charge on any atom is 0.236 e. The van der Waals surface area contributed by atoms with Crippen LogP contribution in [-0.2, 0) is 11.3 Å². The molecule has 1 aromatic carbocycles. The van der Waals surface area contributed by atoms with Crippen molar-refractivity contribution in [3.8, 4) is 22.8 Å². The number of anilines is 1. The highest BCUT2D eigenvalue weighted by Crippen LogP contribution is 2.27. The van der Waals surface area contributed by atoms with Gasteiger partial charge in [0, 0.05) is 17.5 Å². The largest absolute Gasteiger partial charge is 0.461 e. The first-order valence-corrected chi connectivity index (χ1v) is 11.3. The number of hydrogen-bond donors (Lipinski definition) is 1. The van der Waals surface area contributed by atoms with Gasteiger partial charge in [-0.1, -0.05) is 23.9 Å². The van der Waals surface area contributed by atoms with Crippen molar-refractivity contribution in [3.05, 3.63) is 53.1 Å². The number of aromatic nitrogens is 4. The summed E-state index contributed by atoms with van der Waals surface area (Å²) in [5.41, 5.74) is 4.37. The summed E-state index contributed by atoms with van der Waals surface area (Å²) in [6.07, 6.45) is 1.60. The molecule has 0 radical (unpaired) electrons. The summed E-state index contributed by atoms with van der Waals surface area (Å²) >= 11 is 2.75. The third-order valence-corrected chi connectivity index (χ3v) is 6.38. The van der Waals surface area contributed by atoms with Crippen LogP contribution < -0.4 is 5.32 Å². The molecule has 0 aliphatic carbocycles. The summed E-state index contributed by atoms with van der Waals surface area (Å²) in [5.74, 6) is 1.39. The smallest absolute Gasteiger partial charge is 0.236 e. The Hall–Kier alpha value is -2.91. The van der Waals surface area contributed by atoms with Gasteiger partial charge in [-0.05, 0) is 50.1 Å². The molecule has 3 aromatic heterocycles. The fourth-order valence-corrected chi connectivity index (χ4v) is 4.46. The average molecular weight is 440 g/mol. The van der Waals surface area contributed by atoms with Crippen LogP contribution in [0.3, 0.4) is 0 Å². The molecular weight excluding hydrogens is 418 g/mol. The molecule has 0 aliphatic heterocycles. The second-order valence-corrected chi connectivity index (χ2v) is 8.50. The van der Waals surface area contributed by atoms with Crippen LogP contribution in [0.25, 0.3) is 22.8 Å². The maximum absolute atomic E-state index is 12.4. The van der Waals surface area contributed by atoms with E-state index >= 15 is 0 Å². The molecule has 0 bridgehead atoms. The minimum Gasteiger partial charge on any atom is -0.461 e. The van der Waals surface area contributed by atoms with Crippen LogP contribution in [0.2, 0.25) is 0 Å². The first-order chi connectivity index (χ1) is 14.5. The minimum absolute atomic E-state index is 0.133. The van der Waals surface area contributed by atoms with Crippen LogP contribution in [0.5, 0.6) is 0 Å². The summed E-state index contributed by atoms with van der Waals surface area (Å²) < 4.78 is 7.34. The molecular formula is C21H21N5O2S2. The zero-order chi connectivity index (χ0) is 21.1. The van der Waals surface area contributed by atoms with Crippen LogP contribution in [0, 0.1) is 13.8 Å². The SMILES string of the molecule is CCn1c(SCC(=O)Nc2nc(-c3ccc(C)c(C)c3)cs2)nnc1-c1ccco1. The number of benzene rings is 1. The van der Waals surface area contributed by atoms with E-state index in [1.807, 2.05) is 35.1 Å². The lowest BCUT2D eigenvalue weighted by Gasteiger charge is -2.05. The second kappa shape index (κ2) is 8.85. The van der Waals surface area contributed by atoms with Gasteiger partial charge in [0.15, 0.2) is 21.9 Å². The number of nitrogens with zero attached hydrogens (tertiary/aromatic N) is 4. The average Bonchev–Trinajstić information content (AvgIpc) is 3.48. The lowest BCUT2D eigenvalue weighted by atomic mass is 10.1. The Morgan fingerprint density at radius 3 is 2.83 bits per heavy atom. The molecule has 0 saturated carbocycles. The number of carbonyl (C=O) groups excluding carboxylic acids is 1. The first kappa shape index (κ1) is 20.4. The van der Waals surface area contributed by atoms with Crippen molar-refractivity contribution < 1.29 is 9.21 Å². The maximum atomic E-state index is 12.4. The van der Waals surface area contributed by atoms with Crippen LogP contribution in [0.1, 0.15) is 18.1 Å². The van der Waals surface area contributed by atoms with E-state index in [0.29, 0.717) is 28.4 Å². The summed E-state index contributed by atoms with van der Waals surface area (Å²) in [7, 11) is 0. The molecule has 9 heteroatoms. The number of rotatable bonds is 7. The van der Waals surface area contributed by atoms with E-state index in [4.69, 9.17) is 4.42 Å². The standard InChI is InChI=1S/C21H21N5O2S2/c1-4-26-19(17-6-5-9-28-17)24-25-21(26)30-12-18(27)23-20-22-16(11-29-20)15-8-7-13(2)14(3)10-15/h5-11H,4,12H2,1-3H3,(H,22,23,27). The van der Waals surface area contributed by atoms with Gasteiger partial charge in [0.2, 0.25) is 5.91 Å². The summed E-state index contributed by atoms with van der Waals surface area (Å²) in [6, 6.07) is 9.89. The van der Waals surface area contributed by atoms with E-state index in [1.54, 1.807) is 6.26 Å². The Labute approximate surface area is 182 Å². The molecule has 0 saturated heterocycles. The highest BCUT2D eigenvalue weighted by atomic mass is 32.2. The van der Waals surface area contributed by atoms with Crippen molar-refractivity contribution in [2.45, 2.75) is 32.5 Å². The Morgan fingerprint density at radius 2 is 2.10 bits per heavy atom. The Morgan fingerprint density at radius 1 is 1.23 bits per heavy atom. The van der Waals surface area contributed by atoms with Crippen LogP contribution in [-0.4, -0.2) is 31.4 Å². The fraction of sp³-hybridized carbons (Fsp3) is 0.238. The van der Waals surface area contributed by atoms with Gasteiger partial charge in [0.05, 0.1) is 17.7 Å². The van der Waals surface area contributed by atoms with E-state index in [-0.39, 0.29) is 11.7 Å². The van der Waals surface area contributed by atoms with Crippen molar-refractivity contribution >= 4 is 34.1 Å². The second-order valence-electron chi connectivity index (χ2n) is 6.70. The number of hydrogen-bond acceptors (Lipinski definition) is 7. The van der Waals surface area contributed by atoms with Gasteiger partial charge in [0.1, 0.15) is 0 Å². The number of thiazole rings is 1. The highest BCUT2D eigenvalue weighted by molar-refractivity contribution is 7.99. The minimum atomic E-state index is -0.133. The quantitative estimate of drug-likeness (QED) is 0.407. The summed E-state index contributed by atoms with van der Waals surface area (Å²) in [5, 5.41) is 14.5. The predicted molar refractivity (Wildman–Crippen MR) is 120 cm³/mol. The molecule has 0 fully saturated rings. The molecule has 0 spiro atoms. The van der Waals surface area contributed by atoms with Crippen molar-refractivity contribution in [2.24, 2.45) is 0 Å². The third-order valence-electron chi connectivity index (χ3n) is 4.66. The molecule has 30 heavy (non-hydrogen) atoms. The third kappa shape index (κ3) is 4.31. The number of thioether (sulfide) groups is 1. The van der Waals surface area contributed by atoms with E-state index < -0.39 is 0 Å². The monoisotopic (exact) mass is 439 g/mol. The first-order valence-electron chi connectivity index (χ1n) is 9.48. The van der Waals surface area contributed by atoms with Gasteiger partial charge in [-0.3, -0.25) is 9.36 Å². The highest BCUT2D eigenvalue weighted by Gasteiger charge is 2.17. The summed E-state index contributed by atoms with van der Waals surface area (Å²) in [4.78, 5) is 17.0. The Bertz CT molecular complexity index is 1160. The summed E-state index contributed by atoms with van der Waals surface area (Å²) in [6.45, 7) is 6.85. The predicted octanol–water partition coefficient (Wildman–Crippen LogP) is 5.03.